The Balaban J connectivity index is 0. The Labute approximate surface area is 86.5 Å². The molecule has 5 heavy (non-hydrogen) atoms. The molecule has 0 aromatic heterocycles. The summed E-state index contributed by atoms with van der Waals surface area (Å²) in [5.74, 6) is 0. The van der Waals surface area contributed by atoms with Gasteiger partial charge in [0.05, 0.1) is 0 Å². The van der Waals surface area contributed by atoms with Crippen molar-refractivity contribution >= 4 is 62.2 Å². The second-order valence-electron chi connectivity index (χ2n) is 0. The first-order valence-electron chi connectivity index (χ1n) is 0. The van der Waals surface area contributed by atoms with Crippen LogP contribution in [-0.4, -0.2) is 54.2 Å². The molecule has 0 radical (unpaired) electrons. The van der Waals surface area contributed by atoms with Gasteiger partial charge in [0.2, 0.25) is 0 Å². The van der Waals surface area contributed by atoms with Crippen LogP contribution in [0.4, 0.5) is 0 Å². The van der Waals surface area contributed by atoms with E-state index >= 15 is 0 Å². The zero-order valence-corrected chi connectivity index (χ0v) is 6.37. The average Bonchev–Trinajstić information content (AvgIpc) is 0. The Morgan fingerprint density at radius 2 is 1.20 bits per heavy atom. The van der Waals surface area contributed by atoms with Gasteiger partial charge in [-0.2, -0.15) is 13.5 Å². The van der Waals surface area contributed by atoms with E-state index < -0.39 is 0 Å². The molecule has 0 unspecified atom stereocenters. The molecular weight excluding hydrogens is 172 g/mol. The molecule has 0 saturated carbocycles. The fourth-order valence-electron chi connectivity index (χ4n) is 0. The summed E-state index contributed by atoms with van der Waals surface area (Å²) in [5, 5.41) is 0. The first kappa shape index (κ1) is 54.6. The normalized spacial score (nSPS) is 0. The molecule has 0 fully saturated rings. The van der Waals surface area contributed by atoms with Gasteiger partial charge in [-0.3, -0.25) is 0 Å². The van der Waals surface area contributed by atoms with Crippen LogP contribution in [0.2, 0.25) is 0 Å². The first-order valence-corrected chi connectivity index (χ1v) is 0. The zero-order valence-electron chi connectivity index (χ0n) is 4.06. The summed E-state index contributed by atoms with van der Waals surface area (Å²) < 4.78 is 0. The third kappa shape index (κ3) is 22.0. The van der Waals surface area contributed by atoms with Crippen LogP contribution in [0.15, 0.2) is 0 Å². The fourth-order valence-corrected chi connectivity index (χ4v) is 0. The number of hydrogen-bond donors (Lipinski definition) is 0. The van der Waals surface area contributed by atoms with Crippen LogP contribution in [0.5, 0.6) is 0 Å². The zero-order chi connectivity index (χ0) is 0. The molecule has 0 rings (SSSR count). The maximum Gasteiger partial charge on any atom is 2.00 e. The molecule has 0 atom stereocenters. The van der Waals surface area contributed by atoms with Crippen molar-refractivity contribution in [1.29, 1.82) is 0 Å². The van der Waals surface area contributed by atoms with E-state index in [1.54, 1.807) is 0 Å². The summed E-state index contributed by atoms with van der Waals surface area (Å²) in [7, 11) is 0. The van der Waals surface area contributed by atoms with Gasteiger partial charge in [0.1, 0.15) is 0 Å². The summed E-state index contributed by atoms with van der Waals surface area (Å²) >= 11 is 0. The van der Waals surface area contributed by atoms with E-state index in [0.29, 0.717) is 0 Å². The molecule has 0 aromatic rings. The number of hydrogen-bond acceptors (Lipinski definition) is 0. The van der Waals surface area contributed by atoms with Crippen LogP contribution in [0, 0.1) is 0 Å². The van der Waals surface area contributed by atoms with Crippen molar-refractivity contribution in [3.05, 3.63) is 0 Å². The molecule has 1 nitrogen and oxygen atoms in total. The Hall–Kier alpha value is 2.31. The summed E-state index contributed by atoms with van der Waals surface area (Å²) in [5.41, 5.74) is 0. The van der Waals surface area contributed by atoms with Gasteiger partial charge in [-0.05, 0) is 11.0 Å². The minimum Gasteiger partial charge on any atom is -1.00 e. The van der Waals surface area contributed by atoms with Gasteiger partial charge in [-0.25, -0.2) is 0 Å². The monoisotopic (exact) mass is 182 g/mol. The van der Waals surface area contributed by atoms with Crippen LogP contribution in [0.1, 0.15) is 2.85 Å². The standard InChI is InChI=1S/Ca.Fe.H2O.H2S.H4Si.2H/h;;2*1H2;1H4;;/q+2;;;;;2*-1. The molecule has 0 heterocycles. The SMILES string of the molecule is O.S.[Ca+2].[Fe].[H-].[H-].[SiH4]. The fraction of sp³-hybridized carbons (Fsp3) is 0. The topological polar surface area (TPSA) is 31.5 Å². The van der Waals surface area contributed by atoms with Gasteiger partial charge in [0.15, 0.2) is 0 Å². The predicted molar refractivity (Wildman–Crippen MR) is 33.3 cm³/mol. The van der Waals surface area contributed by atoms with Crippen LogP contribution < -0.4 is 0 Å². The van der Waals surface area contributed by atoms with Crippen LogP contribution in [0.3, 0.4) is 0 Å². The van der Waals surface area contributed by atoms with Gasteiger partial charge in [-0.15, -0.1) is 0 Å². The van der Waals surface area contributed by atoms with Gasteiger partial charge < -0.3 is 8.33 Å². The van der Waals surface area contributed by atoms with E-state index in [-0.39, 0.29) is 87.6 Å². The first-order chi connectivity index (χ1) is 0. The molecule has 0 amide bonds. The largest absolute Gasteiger partial charge is 2.00 e. The summed E-state index contributed by atoms with van der Waals surface area (Å²) in [6.07, 6.45) is 0. The summed E-state index contributed by atoms with van der Waals surface area (Å²) in [6, 6.07) is 0. The average molecular weight is 182 g/mol. The van der Waals surface area contributed by atoms with Crippen molar-refractivity contribution in [2.45, 2.75) is 0 Å². The van der Waals surface area contributed by atoms with Gasteiger partial charge in [0, 0.05) is 17.1 Å². The molecule has 0 aliphatic rings. The minimum absolute atomic E-state index is 0. The Morgan fingerprint density at radius 3 is 1.20 bits per heavy atom. The van der Waals surface area contributed by atoms with Crippen molar-refractivity contribution < 1.29 is 25.4 Å². The summed E-state index contributed by atoms with van der Waals surface area (Å²) in [4.78, 5) is 0. The molecule has 0 aliphatic heterocycles. The smallest absolute Gasteiger partial charge is 1.00 e. The molecule has 0 aliphatic carbocycles. The summed E-state index contributed by atoms with van der Waals surface area (Å²) in [6.45, 7) is 0. The van der Waals surface area contributed by atoms with Gasteiger partial charge >= 0.3 is 37.7 Å². The molecule has 0 bridgehead atoms. The Kier molecular flexibility index (Phi) is 365. The van der Waals surface area contributed by atoms with Crippen LogP contribution >= 0.6 is 13.5 Å². The van der Waals surface area contributed by atoms with E-state index in [4.69, 9.17) is 0 Å². The van der Waals surface area contributed by atoms with Crippen molar-refractivity contribution in [2.75, 3.05) is 0 Å². The maximum atomic E-state index is 0. The van der Waals surface area contributed by atoms with Crippen molar-refractivity contribution in [2.24, 2.45) is 0 Å². The predicted octanol–water partition coefficient (Wildman–Crippen LogP) is -2.32. The second-order valence-corrected chi connectivity index (χ2v) is 0. The minimum atomic E-state index is 0. The Morgan fingerprint density at radius 1 is 1.20 bits per heavy atom. The van der Waals surface area contributed by atoms with Crippen LogP contribution in [-0.2, 0) is 17.1 Å². The van der Waals surface area contributed by atoms with Gasteiger partial charge in [0.25, 0.3) is 0 Å². The molecular formula is H10CaFeOSSi. The van der Waals surface area contributed by atoms with E-state index in [9.17, 15) is 0 Å². The van der Waals surface area contributed by atoms with Crippen molar-refractivity contribution in [3.63, 3.8) is 0 Å². The third-order valence-corrected chi connectivity index (χ3v) is 0. The van der Waals surface area contributed by atoms with Crippen molar-refractivity contribution in [1.82, 2.24) is 0 Å². The molecule has 5 heteroatoms. The van der Waals surface area contributed by atoms with Crippen LogP contribution in [0.25, 0.3) is 0 Å². The molecule has 0 saturated heterocycles. The maximum absolute atomic E-state index is 0. The van der Waals surface area contributed by atoms with Crippen molar-refractivity contribution in [3.8, 4) is 0 Å². The van der Waals surface area contributed by atoms with E-state index in [0.717, 1.165) is 0 Å². The molecule has 0 aromatic carbocycles. The number of rotatable bonds is 0. The second kappa shape index (κ2) is 33.4. The molecule has 0 spiro atoms. The Bertz CT molecular complexity index is 17.7. The van der Waals surface area contributed by atoms with E-state index in [1.165, 1.54) is 0 Å². The van der Waals surface area contributed by atoms with E-state index in [1.807, 2.05) is 0 Å². The molecule has 2 N–H and O–H groups in total. The van der Waals surface area contributed by atoms with Gasteiger partial charge in [-0.1, -0.05) is 0 Å². The third-order valence-electron chi connectivity index (χ3n) is 0. The molecule has 36 valence electrons. The quantitative estimate of drug-likeness (QED) is 0.377. The van der Waals surface area contributed by atoms with E-state index in [2.05, 4.69) is 0 Å².